The van der Waals surface area contributed by atoms with E-state index in [1.54, 1.807) is 0 Å². The molecule has 0 aromatic carbocycles. The van der Waals surface area contributed by atoms with Gasteiger partial charge in [-0.3, -0.25) is 9.69 Å². The molecule has 0 aromatic rings. The van der Waals surface area contributed by atoms with Crippen molar-refractivity contribution in [3.05, 3.63) is 0 Å². The van der Waals surface area contributed by atoms with Gasteiger partial charge < -0.3 is 10.4 Å². The quantitative estimate of drug-likeness (QED) is 0.628. The first-order chi connectivity index (χ1) is 6.75. The molecule has 1 aliphatic heterocycles. The fourth-order valence-electron chi connectivity index (χ4n) is 1.75. The van der Waals surface area contributed by atoms with Crippen LogP contribution in [0.5, 0.6) is 0 Å². The lowest BCUT2D eigenvalue weighted by atomic mass is 10.2. The Labute approximate surface area is 83.1 Å². The van der Waals surface area contributed by atoms with Gasteiger partial charge in [0.05, 0.1) is 0 Å². The average molecular weight is 200 g/mol. The first-order valence-corrected chi connectivity index (χ1v) is 4.92. The highest BCUT2D eigenvalue weighted by atomic mass is 16.4. The van der Waals surface area contributed by atoms with E-state index in [2.05, 4.69) is 5.32 Å². The molecule has 0 aromatic heterocycles. The molecule has 14 heavy (non-hydrogen) atoms. The van der Waals surface area contributed by atoms with Crippen LogP contribution in [0.4, 0.5) is 0 Å². The molecule has 0 radical (unpaired) electrons. The third-order valence-corrected chi connectivity index (χ3v) is 2.47. The minimum Gasteiger partial charge on any atom is -0.479 e. The molecular formula is C9H16N2O3. The molecule has 5 nitrogen and oxygen atoms in total. The number of carbonyl (C=O) groups is 2. The fraction of sp³-hybridized carbons (Fsp3) is 0.778. The summed E-state index contributed by atoms with van der Waals surface area (Å²) in [5, 5.41) is 11.2. The number of hydrogen-bond acceptors (Lipinski definition) is 3. The number of carboxylic acids is 1. The first-order valence-electron chi connectivity index (χ1n) is 4.92. The van der Waals surface area contributed by atoms with Gasteiger partial charge in [0.2, 0.25) is 6.41 Å². The normalized spacial score (nSPS) is 20.9. The van der Waals surface area contributed by atoms with Crippen molar-refractivity contribution in [2.45, 2.75) is 31.8 Å². The maximum Gasteiger partial charge on any atom is 0.341 e. The van der Waals surface area contributed by atoms with E-state index in [1.165, 1.54) is 0 Å². The number of likely N-dealkylation sites (tertiary alicyclic amines) is 1. The van der Waals surface area contributed by atoms with Crippen molar-refractivity contribution in [2.75, 3.05) is 13.1 Å². The highest BCUT2D eigenvalue weighted by Gasteiger charge is 2.24. The molecule has 0 bridgehead atoms. The van der Waals surface area contributed by atoms with Crippen molar-refractivity contribution in [3.8, 4) is 0 Å². The van der Waals surface area contributed by atoms with E-state index in [9.17, 15) is 9.59 Å². The zero-order valence-electron chi connectivity index (χ0n) is 8.11. The van der Waals surface area contributed by atoms with E-state index >= 15 is 0 Å². The van der Waals surface area contributed by atoms with Crippen LogP contribution >= 0.6 is 0 Å². The molecule has 1 saturated heterocycles. The second-order valence-electron chi connectivity index (χ2n) is 3.48. The summed E-state index contributed by atoms with van der Waals surface area (Å²) < 4.78 is 0. The Morgan fingerprint density at radius 3 is 2.29 bits per heavy atom. The van der Waals surface area contributed by atoms with Crippen LogP contribution in [0.25, 0.3) is 0 Å². The Bertz CT molecular complexity index is 200. The maximum atomic E-state index is 10.8. The number of nitrogens with zero attached hydrogens (tertiary/aromatic N) is 1. The minimum atomic E-state index is -0.987. The molecule has 1 aliphatic rings. The lowest BCUT2D eigenvalue weighted by molar-refractivity contribution is -0.146. The fourth-order valence-corrected chi connectivity index (χ4v) is 1.75. The number of carboxylic acid groups (broad SMARTS) is 1. The van der Waals surface area contributed by atoms with Gasteiger partial charge >= 0.3 is 5.97 Å². The monoisotopic (exact) mass is 200 g/mol. The van der Waals surface area contributed by atoms with Crippen LogP contribution < -0.4 is 5.32 Å². The predicted octanol–water partition coefficient (Wildman–Crippen LogP) is 0.0191. The van der Waals surface area contributed by atoms with Crippen molar-refractivity contribution in [3.63, 3.8) is 0 Å². The average Bonchev–Trinajstić information content (AvgIpc) is 2.41. The Hall–Kier alpha value is -1.10. The smallest absolute Gasteiger partial charge is 0.341 e. The summed E-state index contributed by atoms with van der Waals surface area (Å²) in [5.74, 6) is -0.987. The molecule has 0 aliphatic carbocycles. The van der Waals surface area contributed by atoms with Gasteiger partial charge in [-0.15, -0.1) is 0 Å². The highest BCUT2D eigenvalue weighted by Crippen LogP contribution is 2.11. The van der Waals surface area contributed by atoms with Crippen LogP contribution in [-0.2, 0) is 9.59 Å². The number of carbonyl (C=O) groups excluding carboxylic acids is 1. The molecule has 1 atom stereocenters. The Morgan fingerprint density at radius 1 is 1.29 bits per heavy atom. The summed E-state index contributed by atoms with van der Waals surface area (Å²) in [6, 6.07) is 0. The lowest BCUT2D eigenvalue weighted by Gasteiger charge is -2.26. The zero-order valence-corrected chi connectivity index (χ0v) is 8.11. The van der Waals surface area contributed by atoms with Crippen molar-refractivity contribution in [2.24, 2.45) is 0 Å². The molecular weight excluding hydrogens is 184 g/mol. The van der Waals surface area contributed by atoms with Crippen LogP contribution in [0.1, 0.15) is 25.7 Å². The van der Waals surface area contributed by atoms with E-state index in [-0.39, 0.29) is 0 Å². The van der Waals surface area contributed by atoms with Crippen LogP contribution in [0, 0.1) is 0 Å². The van der Waals surface area contributed by atoms with Crippen LogP contribution in [-0.4, -0.2) is 41.6 Å². The molecule has 1 heterocycles. The number of rotatable bonds is 4. The third kappa shape index (κ3) is 2.99. The van der Waals surface area contributed by atoms with Crippen molar-refractivity contribution in [1.82, 2.24) is 10.2 Å². The second-order valence-corrected chi connectivity index (χ2v) is 3.48. The summed E-state index contributed by atoms with van der Waals surface area (Å²) in [6.45, 7) is 1.50. The number of amides is 1. The maximum absolute atomic E-state index is 10.8. The van der Waals surface area contributed by atoms with E-state index in [0.717, 1.165) is 38.8 Å². The number of nitrogens with one attached hydrogen (secondary N) is 1. The van der Waals surface area contributed by atoms with Crippen molar-refractivity contribution in [1.29, 1.82) is 0 Å². The van der Waals surface area contributed by atoms with Gasteiger partial charge in [0.25, 0.3) is 0 Å². The largest absolute Gasteiger partial charge is 0.479 e. The Balaban J connectivity index is 2.55. The van der Waals surface area contributed by atoms with Gasteiger partial charge in [0.15, 0.2) is 6.17 Å². The summed E-state index contributed by atoms with van der Waals surface area (Å²) in [7, 11) is 0. The van der Waals surface area contributed by atoms with Crippen molar-refractivity contribution >= 4 is 12.4 Å². The number of hydrogen-bond donors (Lipinski definition) is 2. The summed E-state index contributed by atoms with van der Waals surface area (Å²) in [4.78, 5) is 22.9. The van der Waals surface area contributed by atoms with Crippen LogP contribution in [0.3, 0.4) is 0 Å². The Morgan fingerprint density at radius 2 is 1.86 bits per heavy atom. The summed E-state index contributed by atoms with van der Waals surface area (Å²) >= 11 is 0. The molecule has 1 fully saturated rings. The summed E-state index contributed by atoms with van der Waals surface area (Å²) in [6.07, 6.45) is 3.89. The van der Waals surface area contributed by atoms with Gasteiger partial charge in [-0.05, 0) is 12.8 Å². The van der Waals surface area contributed by atoms with Crippen LogP contribution in [0.15, 0.2) is 0 Å². The molecule has 0 saturated carbocycles. The molecule has 0 spiro atoms. The standard InChI is InChI=1S/C9H16N2O3/c12-7-10-8(9(13)14)11-5-3-1-2-4-6-11/h7-8H,1-6H2,(H,10,12)(H,13,14). The molecule has 1 rings (SSSR count). The van der Waals surface area contributed by atoms with Crippen LogP contribution in [0.2, 0.25) is 0 Å². The Kier molecular flexibility index (Phi) is 4.39. The third-order valence-electron chi connectivity index (χ3n) is 2.47. The highest BCUT2D eigenvalue weighted by molar-refractivity contribution is 5.75. The SMILES string of the molecule is O=CNC(C(=O)O)N1CCCCCC1. The topological polar surface area (TPSA) is 69.6 Å². The molecule has 5 heteroatoms. The molecule has 80 valence electrons. The van der Waals surface area contributed by atoms with E-state index < -0.39 is 12.1 Å². The molecule has 2 N–H and O–H groups in total. The van der Waals surface area contributed by atoms with Crippen molar-refractivity contribution < 1.29 is 14.7 Å². The first kappa shape index (κ1) is 11.0. The van der Waals surface area contributed by atoms with Gasteiger partial charge in [0, 0.05) is 13.1 Å². The van der Waals surface area contributed by atoms with E-state index in [4.69, 9.17) is 5.11 Å². The second kappa shape index (κ2) is 5.59. The van der Waals surface area contributed by atoms with Gasteiger partial charge in [-0.25, -0.2) is 4.79 Å². The van der Waals surface area contributed by atoms with Gasteiger partial charge in [0.1, 0.15) is 0 Å². The minimum absolute atomic E-state index is 0.448. The predicted molar refractivity (Wildman–Crippen MR) is 50.7 cm³/mol. The van der Waals surface area contributed by atoms with E-state index in [0.29, 0.717) is 6.41 Å². The molecule has 1 amide bonds. The lowest BCUT2D eigenvalue weighted by Crippen LogP contribution is -2.50. The molecule has 1 unspecified atom stereocenters. The zero-order chi connectivity index (χ0) is 10.4. The van der Waals surface area contributed by atoms with E-state index in [1.807, 2.05) is 4.90 Å². The summed E-state index contributed by atoms with van der Waals surface area (Å²) in [5.41, 5.74) is 0. The van der Waals surface area contributed by atoms with Gasteiger partial charge in [-0.2, -0.15) is 0 Å². The number of aliphatic carboxylic acids is 1. The van der Waals surface area contributed by atoms with Gasteiger partial charge in [-0.1, -0.05) is 12.8 Å².